The van der Waals surface area contributed by atoms with Crippen LogP contribution in [0.1, 0.15) is 22.3 Å². The summed E-state index contributed by atoms with van der Waals surface area (Å²) in [6.07, 6.45) is 0.321. The molecule has 0 bridgehead atoms. The standard InChI is InChI=1S/C22H24Cl2N2O4S/c23-19-6-1-15(11-20(19)24)13-26-8-9-30-17(14-26)12-25-21(27)7-10-31-18-4-2-16(3-5-18)22(28)29/h1-6,11,17H,7-10,12-14H2,(H,25,27)(H,28,29). The number of morpholine rings is 1. The third-order valence-electron chi connectivity index (χ3n) is 4.84. The zero-order chi connectivity index (χ0) is 22.2. The number of benzene rings is 2. The molecule has 2 N–H and O–H groups in total. The lowest BCUT2D eigenvalue weighted by atomic mass is 10.2. The van der Waals surface area contributed by atoms with Gasteiger partial charge in [0.25, 0.3) is 0 Å². The number of amides is 1. The second kappa shape index (κ2) is 11.7. The number of rotatable bonds is 9. The molecule has 2 aromatic rings. The lowest BCUT2D eigenvalue weighted by molar-refractivity contribution is -0.121. The first-order valence-electron chi connectivity index (χ1n) is 9.91. The molecule has 1 amide bonds. The van der Waals surface area contributed by atoms with Gasteiger partial charge in [-0.15, -0.1) is 11.8 Å². The smallest absolute Gasteiger partial charge is 0.335 e. The Morgan fingerprint density at radius 3 is 2.65 bits per heavy atom. The maximum atomic E-state index is 12.2. The van der Waals surface area contributed by atoms with Gasteiger partial charge in [0.05, 0.1) is 28.3 Å². The number of aromatic carboxylic acids is 1. The van der Waals surface area contributed by atoms with E-state index in [0.717, 1.165) is 30.1 Å². The number of ether oxygens (including phenoxy) is 1. The highest BCUT2D eigenvalue weighted by atomic mass is 35.5. The number of carboxylic acids is 1. The van der Waals surface area contributed by atoms with Gasteiger partial charge in [0, 0.05) is 43.2 Å². The fourth-order valence-corrected chi connectivity index (χ4v) is 4.39. The van der Waals surface area contributed by atoms with E-state index in [1.807, 2.05) is 12.1 Å². The van der Waals surface area contributed by atoms with Crippen LogP contribution >= 0.6 is 35.0 Å². The molecular formula is C22H24Cl2N2O4S. The lowest BCUT2D eigenvalue weighted by Gasteiger charge is -2.33. The molecule has 31 heavy (non-hydrogen) atoms. The molecule has 0 aromatic heterocycles. The summed E-state index contributed by atoms with van der Waals surface area (Å²) in [6, 6.07) is 12.3. The first-order valence-corrected chi connectivity index (χ1v) is 11.7. The molecular weight excluding hydrogens is 459 g/mol. The number of carboxylic acid groups (broad SMARTS) is 1. The Hall–Kier alpha value is -1.77. The summed E-state index contributed by atoms with van der Waals surface area (Å²) in [7, 11) is 0. The number of carbonyl (C=O) groups excluding carboxylic acids is 1. The van der Waals surface area contributed by atoms with E-state index in [0.29, 0.717) is 35.4 Å². The zero-order valence-corrected chi connectivity index (χ0v) is 19.2. The van der Waals surface area contributed by atoms with E-state index in [2.05, 4.69) is 10.2 Å². The van der Waals surface area contributed by atoms with Crippen molar-refractivity contribution in [2.75, 3.05) is 32.0 Å². The van der Waals surface area contributed by atoms with Gasteiger partial charge in [-0.2, -0.15) is 0 Å². The summed E-state index contributed by atoms with van der Waals surface area (Å²) >= 11 is 13.6. The van der Waals surface area contributed by atoms with Gasteiger partial charge in [0.1, 0.15) is 0 Å². The second-order valence-corrected chi connectivity index (χ2v) is 9.19. The molecule has 1 unspecified atom stereocenters. The van der Waals surface area contributed by atoms with Crippen LogP contribution in [-0.2, 0) is 16.1 Å². The maximum absolute atomic E-state index is 12.2. The van der Waals surface area contributed by atoms with Crippen LogP contribution in [0.3, 0.4) is 0 Å². The summed E-state index contributed by atoms with van der Waals surface area (Å²) < 4.78 is 5.79. The van der Waals surface area contributed by atoms with E-state index in [-0.39, 0.29) is 17.6 Å². The second-order valence-electron chi connectivity index (χ2n) is 7.21. The Bertz CT molecular complexity index is 911. The summed E-state index contributed by atoms with van der Waals surface area (Å²) in [4.78, 5) is 26.2. The van der Waals surface area contributed by atoms with Crippen molar-refractivity contribution in [2.24, 2.45) is 0 Å². The number of halogens is 2. The van der Waals surface area contributed by atoms with Crippen LogP contribution in [-0.4, -0.2) is 60.0 Å². The van der Waals surface area contributed by atoms with Crippen molar-refractivity contribution >= 4 is 46.8 Å². The largest absolute Gasteiger partial charge is 0.478 e. The number of hydrogen-bond donors (Lipinski definition) is 2. The Labute approximate surface area is 195 Å². The maximum Gasteiger partial charge on any atom is 0.335 e. The Balaban J connectivity index is 1.36. The third kappa shape index (κ3) is 7.70. The van der Waals surface area contributed by atoms with E-state index < -0.39 is 5.97 Å². The highest BCUT2D eigenvalue weighted by molar-refractivity contribution is 7.99. The van der Waals surface area contributed by atoms with Crippen molar-refractivity contribution in [3.8, 4) is 0 Å². The van der Waals surface area contributed by atoms with Crippen LogP contribution in [0.25, 0.3) is 0 Å². The molecule has 0 saturated carbocycles. The normalized spacial score (nSPS) is 16.8. The molecule has 1 atom stereocenters. The molecule has 9 heteroatoms. The van der Waals surface area contributed by atoms with Crippen molar-refractivity contribution < 1.29 is 19.4 Å². The van der Waals surface area contributed by atoms with Gasteiger partial charge in [0.2, 0.25) is 5.91 Å². The minimum atomic E-state index is -0.948. The number of thioether (sulfide) groups is 1. The molecule has 3 rings (SSSR count). The average molecular weight is 483 g/mol. The predicted octanol–water partition coefficient (Wildman–Crippen LogP) is 4.19. The predicted molar refractivity (Wildman–Crippen MR) is 123 cm³/mol. The van der Waals surface area contributed by atoms with Crippen LogP contribution in [0.5, 0.6) is 0 Å². The van der Waals surface area contributed by atoms with E-state index in [1.54, 1.807) is 30.3 Å². The Morgan fingerprint density at radius 1 is 1.16 bits per heavy atom. The Kier molecular flexibility index (Phi) is 9.04. The lowest BCUT2D eigenvalue weighted by Crippen LogP contribution is -2.47. The molecule has 1 fully saturated rings. The molecule has 166 valence electrons. The molecule has 0 spiro atoms. The highest BCUT2D eigenvalue weighted by Gasteiger charge is 2.21. The van der Waals surface area contributed by atoms with Crippen LogP contribution in [0, 0.1) is 0 Å². The van der Waals surface area contributed by atoms with Crippen LogP contribution in [0.2, 0.25) is 10.0 Å². The quantitative estimate of drug-likeness (QED) is 0.521. The molecule has 0 aliphatic carbocycles. The topological polar surface area (TPSA) is 78.9 Å². The van der Waals surface area contributed by atoms with E-state index >= 15 is 0 Å². The monoisotopic (exact) mass is 482 g/mol. The average Bonchev–Trinajstić information content (AvgIpc) is 2.75. The van der Waals surface area contributed by atoms with E-state index in [9.17, 15) is 9.59 Å². The molecule has 2 aromatic carbocycles. The summed E-state index contributed by atoms with van der Waals surface area (Å²) in [5.41, 5.74) is 1.34. The third-order valence-corrected chi connectivity index (χ3v) is 6.59. The number of carbonyl (C=O) groups is 2. The number of hydrogen-bond acceptors (Lipinski definition) is 5. The van der Waals surface area contributed by atoms with Crippen molar-refractivity contribution in [1.82, 2.24) is 10.2 Å². The minimum Gasteiger partial charge on any atom is -0.478 e. The highest BCUT2D eigenvalue weighted by Crippen LogP contribution is 2.24. The summed E-state index contributed by atoms with van der Waals surface area (Å²) in [5.74, 6) is -0.357. The first-order chi connectivity index (χ1) is 14.9. The van der Waals surface area contributed by atoms with Gasteiger partial charge < -0.3 is 15.2 Å². The number of nitrogens with zero attached hydrogens (tertiary/aromatic N) is 1. The van der Waals surface area contributed by atoms with Crippen LogP contribution in [0.4, 0.5) is 0 Å². The van der Waals surface area contributed by atoms with E-state index in [1.165, 1.54) is 11.8 Å². The van der Waals surface area contributed by atoms with Gasteiger partial charge in [-0.3, -0.25) is 9.69 Å². The molecule has 1 saturated heterocycles. The van der Waals surface area contributed by atoms with Gasteiger partial charge in [0.15, 0.2) is 0 Å². The fourth-order valence-electron chi connectivity index (χ4n) is 3.22. The van der Waals surface area contributed by atoms with Crippen molar-refractivity contribution in [2.45, 2.75) is 24.0 Å². The minimum absolute atomic E-state index is 0.0279. The summed E-state index contributed by atoms with van der Waals surface area (Å²) in [6.45, 7) is 3.38. The first kappa shape index (κ1) is 23.9. The van der Waals surface area contributed by atoms with Crippen LogP contribution in [0.15, 0.2) is 47.4 Å². The van der Waals surface area contributed by atoms with E-state index in [4.69, 9.17) is 33.0 Å². The van der Waals surface area contributed by atoms with Crippen molar-refractivity contribution in [1.29, 1.82) is 0 Å². The van der Waals surface area contributed by atoms with Crippen molar-refractivity contribution in [3.63, 3.8) is 0 Å². The molecule has 0 radical (unpaired) electrons. The van der Waals surface area contributed by atoms with Gasteiger partial charge in [-0.25, -0.2) is 4.79 Å². The van der Waals surface area contributed by atoms with Gasteiger partial charge in [-0.1, -0.05) is 29.3 Å². The molecule has 1 aliphatic rings. The Morgan fingerprint density at radius 2 is 1.94 bits per heavy atom. The van der Waals surface area contributed by atoms with Crippen LogP contribution < -0.4 is 5.32 Å². The fraction of sp³-hybridized carbons (Fsp3) is 0.364. The molecule has 1 heterocycles. The molecule has 6 nitrogen and oxygen atoms in total. The SMILES string of the molecule is O=C(CCSc1ccc(C(=O)O)cc1)NCC1CN(Cc2ccc(Cl)c(Cl)c2)CCO1. The van der Waals surface area contributed by atoms with Gasteiger partial charge in [-0.05, 0) is 42.0 Å². The van der Waals surface area contributed by atoms with Gasteiger partial charge >= 0.3 is 5.97 Å². The number of nitrogens with one attached hydrogen (secondary N) is 1. The zero-order valence-electron chi connectivity index (χ0n) is 16.9. The molecule has 1 aliphatic heterocycles. The summed E-state index contributed by atoms with van der Waals surface area (Å²) in [5, 5.41) is 13.0. The van der Waals surface area contributed by atoms with Crippen molar-refractivity contribution in [3.05, 3.63) is 63.6 Å².